The second-order valence-corrected chi connectivity index (χ2v) is 6.03. The number of amidine groups is 1. The first-order chi connectivity index (χ1) is 9.33. The van der Waals surface area contributed by atoms with E-state index in [1.54, 1.807) is 32.0 Å². The van der Waals surface area contributed by atoms with E-state index in [4.69, 9.17) is 11.1 Å². The van der Waals surface area contributed by atoms with Gasteiger partial charge in [0.25, 0.3) is 10.0 Å². The summed E-state index contributed by atoms with van der Waals surface area (Å²) in [5.41, 5.74) is 7.32. The van der Waals surface area contributed by atoms with Gasteiger partial charge in [-0.3, -0.25) is 15.2 Å². The number of hydrogen-bond donors (Lipinski definition) is 4. The molecule has 20 heavy (non-hydrogen) atoms. The summed E-state index contributed by atoms with van der Waals surface area (Å²) in [6, 6.07) is 5.02. The summed E-state index contributed by atoms with van der Waals surface area (Å²) < 4.78 is 27.0. The fraction of sp³-hybridized carbons (Fsp3) is 0.167. The molecular formula is C12H15N5O2S. The Balaban J connectivity index is 2.48. The Morgan fingerprint density at radius 1 is 1.40 bits per heavy atom. The second kappa shape index (κ2) is 4.97. The first-order valence-electron chi connectivity index (χ1n) is 5.79. The molecule has 2 rings (SSSR count). The van der Waals surface area contributed by atoms with Crippen molar-refractivity contribution in [2.45, 2.75) is 18.7 Å². The van der Waals surface area contributed by atoms with Crippen molar-refractivity contribution < 1.29 is 8.42 Å². The van der Waals surface area contributed by atoms with Crippen LogP contribution in [0.1, 0.15) is 16.8 Å². The second-order valence-electron chi connectivity index (χ2n) is 4.38. The SMILES string of the molecule is Cc1cccc(NS(=O)(=O)c2cn[nH]c2C)c1C(=N)N. The molecule has 0 aliphatic carbocycles. The number of hydrogen-bond acceptors (Lipinski definition) is 4. The summed E-state index contributed by atoms with van der Waals surface area (Å²) in [5.74, 6) is -0.190. The number of nitrogens with one attached hydrogen (secondary N) is 3. The van der Waals surface area contributed by atoms with Crippen LogP contribution >= 0.6 is 0 Å². The molecule has 0 saturated carbocycles. The predicted molar refractivity (Wildman–Crippen MR) is 76.3 cm³/mol. The van der Waals surface area contributed by atoms with Crippen molar-refractivity contribution in [3.63, 3.8) is 0 Å². The fourth-order valence-corrected chi connectivity index (χ4v) is 3.13. The molecule has 7 nitrogen and oxygen atoms in total. The van der Waals surface area contributed by atoms with Gasteiger partial charge in [0.05, 0.1) is 17.6 Å². The number of benzene rings is 1. The van der Waals surface area contributed by atoms with Crippen molar-refractivity contribution >= 4 is 21.5 Å². The van der Waals surface area contributed by atoms with Gasteiger partial charge in [-0.15, -0.1) is 0 Å². The van der Waals surface area contributed by atoms with Crippen molar-refractivity contribution in [2.24, 2.45) is 5.73 Å². The molecule has 0 radical (unpaired) electrons. The fourth-order valence-electron chi connectivity index (χ4n) is 1.92. The topological polar surface area (TPSA) is 125 Å². The summed E-state index contributed by atoms with van der Waals surface area (Å²) in [6.07, 6.45) is 1.24. The van der Waals surface area contributed by atoms with Crippen LogP contribution in [0.3, 0.4) is 0 Å². The Kier molecular flexibility index (Phi) is 3.49. The van der Waals surface area contributed by atoms with E-state index in [0.717, 1.165) is 5.56 Å². The zero-order chi connectivity index (χ0) is 14.9. The molecule has 0 aliphatic heterocycles. The maximum absolute atomic E-state index is 12.3. The van der Waals surface area contributed by atoms with Gasteiger partial charge in [-0.1, -0.05) is 12.1 Å². The Labute approximate surface area is 116 Å². The average molecular weight is 293 g/mol. The van der Waals surface area contributed by atoms with Crippen molar-refractivity contribution in [1.82, 2.24) is 10.2 Å². The zero-order valence-corrected chi connectivity index (χ0v) is 11.9. The summed E-state index contributed by atoms with van der Waals surface area (Å²) in [6.45, 7) is 3.38. The minimum Gasteiger partial charge on any atom is -0.384 e. The smallest absolute Gasteiger partial charge is 0.265 e. The molecule has 0 atom stereocenters. The summed E-state index contributed by atoms with van der Waals surface area (Å²) in [7, 11) is -3.77. The molecule has 8 heteroatoms. The monoisotopic (exact) mass is 293 g/mol. The van der Waals surface area contributed by atoms with Crippen LogP contribution in [0.5, 0.6) is 0 Å². The van der Waals surface area contributed by atoms with Gasteiger partial charge in [0.1, 0.15) is 10.7 Å². The van der Waals surface area contributed by atoms with Crippen LogP contribution in [0.2, 0.25) is 0 Å². The van der Waals surface area contributed by atoms with Crippen molar-refractivity contribution in [1.29, 1.82) is 5.41 Å². The Bertz CT molecular complexity index is 764. The molecule has 1 heterocycles. The quantitative estimate of drug-likeness (QED) is 0.497. The Morgan fingerprint density at radius 2 is 2.10 bits per heavy atom. The van der Waals surface area contributed by atoms with Crippen LogP contribution in [0, 0.1) is 19.3 Å². The van der Waals surface area contributed by atoms with Gasteiger partial charge >= 0.3 is 0 Å². The number of H-pyrrole nitrogens is 1. The maximum atomic E-state index is 12.3. The number of rotatable bonds is 4. The number of nitrogens with zero attached hydrogens (tertiary/aromatic N) is 1. The highest BCUT2D eigenvalue weighted by atomic mass is 32.2. The van der Waals surface area contributed by atoms with Crippen LogP contribution in [0.15, 0.2) is 29.3 Å². The highest BCUT2D eigenvalue weighted by molar-refractivity contribution is 7.92. The lowest BCUT2D eigenvalue weighted by Crippen LogP contribution is -2.20. The average Bonchev–Trinajstić information content (AvgIpc) is 2.75. The van der Waals surface area contributed by atoms with Gasteiger partial charge in [0.15, 0.2) is 0 Å². The van der Waals surface area contributed by atoms with Gasteiger partial charge in [-0.05, 0) is 25.5 Å². The third-order valence-corrected chi connectivity index (χ3v) is 4.34. The van der Waals surface area contributed by atoms with Crippen LogP contribution in [-0.4, -0.2) is 24.5 Å². The third kappa shape index (κ3) is 2.50. The van der Waals surface area contributed by atoms with Crippen LogP contribution in [0.4, 0.5) is 5.69 Å². The number of anilines is 1. The molecule has 5 N–H and O–H groups in total. The summed E-state index contributed by atoms with van der Waals surface area (Å²) >= 11 is 0. The molecule has 0 unspecified atom stereocenters. The van der Waals surface area contributed by atoms with E-state index in [-0.39, 0.29) is 16.4 Å². The van der Waals surface area contributed by atoms with E-state index in [0.29, 0.717) is 11.3 Å². The van der Waals surface area contributed by atoms with Gasteiger partial charge in [-0.2, -0.15) is 5.10 Å². The third-order valence-electron chi connectivity index (χ3n) is 2.86. The molecule has 0 amide bonds. The molecule has 0 spiro atoms. The molecular weight excluding hydrogens is 278 g/mol. The Morgan fingerprint density at radius 3 is 2.65 bits per heavy atom. The molecule has 0 fully saturated rings. The van der Waals surface area contributed by atoms with Crippen LogP contribution in [-0.2, 0) is 10.0 Å². The van der Waals surface area contributed by atoms with Gasteiger partial charge in [0.2, 0.25) is 0 Å². The minimum absolute atomic E-state index is 0.0634. The summed E-state index contributed by atoms with van der Waals surface area (Å²) in [4.78, 5) is 0.0634. The summed E-state index contributed by atoms with van der Waals surface area (Å²) in [5, 5.41) is 13.8. The maximum Gasteiger partial charge on any atom is 0.265 e. The standard InChI is InChI=1S/C12H15N5O2S/c1-7-4-3-5-9(11(7)12(13)14)17-20(18,19)10-6-15-16-8(10)2/h3-6,17H,1-2H3,(H3,13,14)(H,15,16). The van der Waals surface area contributed by atoms with Crippen molar-refractivity contribution in [2.75, 3.05) is 4.72 Å². The molecule has 106 valence electrons. The molecule has 1 aromatic carbocycles. The van der Waals surface area contributed by atoms with Crippen LogP contribution in [0.25, 0.3) is 0 Å². The van der Waals surface area contributed by atoms with E-state index >= 15 is 0 Å². The minimum atomic E-state index is -3.77. The predicted octanol–water partition coefficient (Wildman–Crippen LogP) is 1.11. The van der Waals surface area contributed by atoms with E-state index in [1.165, 1.54) is 6.20 Å². The number of sulfonamides is 1. The lowest BCUT2D eigenvalue weighted by molar-refractivity contribution is 0.600. The van der Waals surface area contributed by atoms with E-state index in [2.05, 4.69) is 14.9 Å². The number of aromatic amines is 1. The lowest BCUT2D eigenvalue weighted by atomic mass is 10.1. The molecule has 1 aromatic heterocycles. The van der Waals surface area contributed by atoms with Gasteiger partial charge < -0.3 is 5.73 Å². The van der Waals surface area contributed by atoms with Crippen LogP contribution < -0.4 is 10.5 Å². The molecule has 2 aromatic rings. The number of nitrogen functional groups attached to an aromatic ring is 1. The first kappa shape index (κ1) is 14.1. The Hall–Kier alpha value is -2.35. The lowest BCUT2D eigenvalue weighted by Gasteiger charge is -2.13. The van der Waals surface area contributed by atoms with Crippen molar-refractivity contribution in [3.05, 3.63) is 41.2 Å². The molecule has 0 saturated heterocycles. The highest BCUT2D eigenvalue weighted by Gasteiger charge is 2.21. The largest absolute Gasteiger partial charge is 0.384 e. The highest BCUT2D eigenvalue weighted by Crippen LogP contribution is 2.23. The van der Waals surface area contributed by atoms with Gasteiger partial charge in [-0.25, -0.2) is 8.42 Å². The number of aromatic nitrogens is 2. The van der Waals surface area contributed by atoms with Gasteiger partial charge in [0, 0.05) is 5.56 Å². The molecule has 0 aliphatic rings. The molecule has 0 bridgehead atoms. The van der Waals surface area contributed by atoms with Crippen molar-refractivity contribution in [3.8, 4) is 0 Å². The number of nitrogens with two attached hydrogens (primary N) is 1. The van der Waals surface area contributed by atoms with E-state index in [9.17, 15) is 8.42 Å². The first-order valence-corrected chi connectivity index (χ1v) is 7.28. The number of aryl methyl sites for hydroxylation is 2. The zero-order valence-electron chi connectivity index (χ0n) is 11.1. The normalized spacial score (nSPS) is 11.3. The van der Waals surface area contributed by atoms with E-state index < -0.39 is 10.0 Å². The van der Waals surface area contributed by atoms with E-state index in [1.807, 2.05) is 0 Å².